The Kier molecular flexibility index (Phi) is 9.16. The summed E-state index contributed by atoms with van der Waals surface area (Å²) in [5.41, 5.74) is 4.31. The number of ether oxygens (including phenoxy) is 3. The lowest BCUT2D eigenvalue weighted by Crippen LogP contribution is -2.34. The van der Waals surface area contributed by atoms with Crippen LogP contribution in [0.3, 0.4) is 0 Å². The Morgan fingerprint density at radius 2 is 1.42 bits per heavy atom. The Morgan fingerprint density at radius 1 is 0.861 bits per heavy atom. The normalized spacial score (nSPS) is 15.7. The second-order valence-electron chi connectivity index (χ2n) is 11.8. The lowest BCUT2D eigenvalue weighted by atomic mass is 9.78. The predicted octanol–water partition coefficient (Wildman–Crippen LogP) is 6.91. The molecule has 0 unspecified atom stereocenters. The highest BCUT2D eigenvalue weighted by Gasteiger charge is 2.28. The number of thioether (sulfide) groups is 1. The Morgan fingerprint density at radius 3 is 1.89 bits per heavy atom. The molecule has 0 aromatic heterocycles. The first-order chi connectivity index (χ1) is 16.9. The van der Waals surface area contributed by atoms with Crippen LogP contribution in [0.1, 0.15) is 76.6 Å². The molecule has 1 saturated heterocycles. The molecule has 0 saturated carbocycles. The van der Waals surface area contributed by atoms with Crippen molar-refractivity contribution >= 4 is 11.8 Å². The van der Waals surface area contributed by atoms with Crippen molar-refractivity contribution in [3.05, 3.63) is 46.5 Å². The van der Waals surface area contributed by atoms with Crippen molar-refractivity contribution in [3.63, 3.8) is 0 Å². The van der Waals surface area contributed by atoms with Gasteiger partial charge in [0.1, 0.15) is 5.75 Å². The number of hydrogen-bond donors (Lipinski definition) is 1. The van der Waals surface area contributed by atoms with Crippen molar-refractivity contribution in [1.82, 2.24) is 4.90 Å². The van der Waals surface area contributed by atoms with Gasteiger partial charge >= 0.3 is 0 Å². The van der Waals surface area contributed by atoms with Crippen LogP contribution in [0, 0.1) is 0 Å². The summed E-state index contributed by atoms with van der Waals surface area (Å²) in [5, 5.41) is 11.7. The van der Waals surface area contributed by atoms with Gasteiger partial charge in [-0.1, -0.05) is 59.7 Å². The number of nitrogens with zero attached hydrogens (tertiary/aromatic N) is 1. The van der Waals surface area contributed by atoms with Crippen molar-refractivity contribution < 1.29 is 19.3 Å². The minimum Gasteiger partial charge on any atom is -0.507 e. The maximum atomic E-state index is 11.0. The highest BCUT2D eigenvalue weighted by Crippen LogP contribution is 2.42. The van der Waals surface area contributed by atoms with E-state index in [-0.39, 0.29) is 10.8 Å². The first kappa shape index (κ1) is 28.5. The molecule has 36 heavy (non-hydrogen) atoms. The number of benzene rings is 2. The van der Waals surface area contributed by atoms with Crippen LogP contribution in [0.2, 0.25) is 0 Å². The smallest absolute Gasteiger partial charge is 0.203 e. The number of aromatic hydroxyl groups is 1. The minimum atomic E-state index is -0.102. The van der Waals surface area contributed by atoms with Gasteiger partial charge in [-0.3, -0.25) is 4.90 Å². The fraction of sp³-hybridized carbons (Fsp3) is 0.600. The predicted molar refractivity (Wildman–Crippen MR) is 151 cm³/mol. The van der Waals surface area contributed by atoms with Crippen LogP contribution < -0.4 is 14.2 Å². The lowest BCUT2D eigenvalue weighted by Gasteiger charge is -2.33. The van der Waals surface area contributed by atoms with E-state index in [1.165, 1.54) is 5.56 Å². The molecule has 0 radical (unpaired) electrons. The number of piperidine rings is 1. The number of hydrogen-bond acceptors (Lipinski definition) is 6. The molecule has 1 aliphatic heterocycles. The van der Waals surface area contributed by atoms with E-state index in [0.717, 1.165) is 60.7 Å². The summed E-state index contributed by atoms with van der Waals surface area (Å²) in [6, 6.07) is 8.46. The molecule has 0 amide bonds. The molecule has 1 fully saturated rings. The van der Waals surface area contributed by atoms with E-state index in [2.05, 4.69) is 64.6 Å². The zero-order chi connectivity index (χ0) is 26.7. The number of rotatable bonds is 8. The third kappa shape index (κ3) is 6.63. The highest BCUT2D eigenvalue weighted by atomic mass is 32.2. The van der Waals surface area contributed by atoms with Crippen LogP contribution in [0.5, 0.6) is 23.0 Å². The lowest BCUT2D eigenvalue weighted by molar-refractivity contribution is 0.224. The molecule has 3 rings (SSSR count). The van der Waals surface area contributed by atoms with E-state index in [9.17, 15) is 5.11 Å². The second-order valence-corrected chi connectivity index (χ2v) is 13.1. The topological polar surface area (TPSA) is 51.2 Å². The van der Waals surface area contributed by atoms with Crippen molar-refractivity contribution in [3.8, 4) is 23.0 Å². The fourth-order valence-corrected chi connectivity index (χ4v) is 6.09. The molecule has 0 spiro atoms. The molecule has 0 bridgehead atoms. The van der Waals surface area contributed by atoms with E-state index in [1.807, 2.05) is 17.8 Å². The molecule has 5 nitrogen and oxygen atoms in total. The Hall–Kier alpha value is -2.05. The molecule has 0 atom stereocenters. The molecule has 1 N–H and O–H groups in total. The molecule has 1 heterocycles. The average Bonchev–Trinajstić information content (AvgIpc) is 2.82. The standard InChI is InChI=1S/C30H45NO4S/c1-29(2,3)23-16-20(17-24(26(23)32)30(4,5)6)18-31-14-12-22(13-15-31)36-19-21-10-11-25(33-7)28(35-9)27(21)34-8/h10-11,16-17,22,32H,12-15,18-19H2,1-9H3. The number of phenolic OH excluding ortho intramolecular Hbond substituents is 1. The van der Waals surface area contributed by atoms with Crippen LogP contribution >= 0.6 is 11.8 Å². The monoisotopic (exact) mass is 515 g/mol. The zero-order valence-electron chi connectivity index (χ0n) is 23.7. The SMILES string of the molecule is COc1ccc(CSC2CCN(Cc3cc(C(C)(C)C)c(O)c(C(C)(C)C)c3)CC2)c(OC)c1OC. The number of methoxy groups -OCH3 is 3. The molecule has 200 valence electrons. The van der Waals surface area contributed by atoms with E-state index in [0.29, 0.717) is 22.5 Å². The van der Waals surface area contributed by atoms with E-state index < -0.39 is 0 Å². The van der Waals surface area contributed by atoms with Crippen molar-refractivity contribution in [2.75, 3.05) is 34.4 Å². The number of likely N-dealkylation sites (tertiary alicyclic amines) is 1. The first-order valence-electron chi connectivity index (χ1n) is 12.9. The third-order valence-electron chi connectivity index (χ3n) is 6.99. The Bertz CT molecular complexity index is 995. The second kappa shape index (κ2) is 11.6. The van der Waals surface area contributed by atoms with Crippen LogP contribution in [0.15, 0.2) is 24.3 Å². The quantitative estimate of drug-likeness (QED) is 0.412. The van der Waals surface area contributed by atoms with E-state index in [4.69, 9.17) is 14.2 Å². The van der Waals surface area contributed by atoms with Crippen LogP contribution in [-0.4, -0.2) is 49.7 Å². The van der Waals surface area contributed by atoms with Crippen molar-refractivity contribution in [1.29, 1.82) is 0 Å². The van der Waals surface area contributed by atoms with Gasteiger partial charge in [-0.15, -0.1) is 0 Å². The van der Waals surface area contributed by atoms with E-state index >= 15 is 0 Å². The Labute approximate surface area is 222 Å². The van der Waals surface area contributed by atoms with Crippen molar-refractivity contribution in [2.24, 2.45) is 0 Å². The molecule has 2 aromatic rings. The van der Waals surface area contributed by atoms with E-state index in [1.54, 1.807) is 21.3 Å². The van der Waals surface area contributed by atoms with Gasteiger partial charge in [0, 0.05) is 23.1 Å². The fourth-order valence-electron chi connectivity index (χ4n) is 4.91. The number of phenols is 1. The molecule has 1 aliphatic rings. The van der Waals surface area contributed by atoms with Gasteiger partial charge in [-0.05, 0) is 59.5 Å². The maximum Gasteiger partial charge on any atom is 0.203 e. The summed E-state index contributed by atoms with van der Waals surface area (Å²) in [5.74, 6) is 3.45. The molecule has 0 aliphatic carbocycles. The minimum absolute atomic E-state index is 0.102. The summed E-state index contributed by atoms with van der Waals surface area (Å²) in [4.78, 5) is 2.55. The van der Waals surface area contributed by atoms with Crippen LogP contribution in [-0.2, 0) is 23.1 Å². The zero-order valence-corrected chi connectivity index (χ0v) is 24.5. The first-order valence-corrected chi connectivity index (χ1v) is 13.9. The van der Waals surface area contributed by atoms with Crippen molar-refractivity contribution in [2.45, 2.75) is 82.8 Å². The summed E-state index contributed by atoms with van der Waals surface area (Å²) in [7, 11) is 4.98. The van der Waals surface area contributed by atoms with Gasteiger partial charge in [-0.25, -0.2) is 0 Å². The maximum absolute atomic E-state index is 11.0. The van der Waals surface area contributed by atoms with Gasteiger partial charge in [0.15, 0.2) is 11.5 Å². The molecular weight excluding hydrogens is 470 g/mol. The van der Waals surface area contributed by atoms with Crippen LogP contribution in [0.25, 0.3) is 0 Å². The third-order valence-corrected chi connectivity index (χ3v) is 8.41. The Balaban J connectivity index is 1.65. The van der Waals surface area contributed by atoms with Gasteiger partial charge in [-0.2, -0.15) is 11.8 Å². The molecule has 6 heteroatoms. The summed E-state index contributed by atoms with van der Waals surface area (Å²) in [6.07, 6.45) is 2.33. The average molecular weight is 516 g/mol. The largest absolute Gasteiger partial charge is 0.507 e. The molecular formula is C30H45NO4S. The van der Waals surface area contributed by atoms with Crippen LogP contribution in [0.4, 0.5) is 0 Å². The summed E-state index contributed by atoms with van der Waals surface area (Å²) in [6.45, 7) is 16.1. The van der Waals surface area contributed by atoms with Gasteiger partial charge in [0.25, 0.3) is 0 Å². The molecule has 2 aromatic carbocycles. The van der Waals surface area contributed by atoms with Gasteiger partial charge in [0.05, 0.1) is 21.3 Å². The highest BCUT2D eigenvalue weighted by molar-refractivity contribution is 7.99. The summed E-state index contributed by atoms with van der Waals surface area (Å²) >= 11 is 2.00. The van der Waals surface area contributed by atoms with Gasteiger partial charge < -0.3 is 19.3 Å². The summed E-state index contributed by atoms with van der Waals surface area (Å²) < 4.78 is 16.6. The van der Waals surface area contributed by atoms with Gasteiger partial charge in [0.2, 0.25) is 5.75 Å².